The first-order valence-electron chi connectivity index (χ1n) is 5.28. The molecule has 3 N–H and O–H groups in total. The summed E-state index contributed by atoms with van der Waals surface area (Å²) in [5.41, 5.74) is 5.52. The molecule has 1 aromatic heterocycles. The van der Waals surface area contributed by atoms with Gasteiger partial charge >= 0.3 is 0 Å². The van der Waals surface area contributed by atoms with E-state index >= 15 is 0 Å². The van der Waals surface area contributed by atoms with Crippen molar-refractivity contribution in [2.75, 3.05) is 6.54 Å². The summed E-state index contributed by atoms with van der Waals surface area (Å²) in [6.07, 6.45) is 3.39. The monoisotopic (exact) mass is 210 g/mol. The second kappa shape index (κ2) is 6.24. The Morgan fingerprint density at radius 3 is 3.00 bits per heavy atom. The summed E-state index contributed by atoms with van der Waals surface area (Å²) in [6.45, 7) is 2.88. The van der Waals surface area contributed by atoms with Crippen molar-refractivity contribution < 1.29 is 9.21 Å². The standard InChI is InChI=1S/C11H18N2O2/c1-2-4-9(7-12)11(14)13-8-10-5-3-6-15-10/h3,5-6,9H,2,4,7-8,12H2,1H3,(H,13,14). The smallest absolute Gasteiger partial charge is 0.224 e. The van der Waals surface area contributed by atoms with Gasteiger partial charge in [0, 0.05) is 6.54 Å². The van der Waals surface area contributed by atoms with Crippen molar-refractivity contribution in [1.82, 2.24) is 5.32 Å². The van der Waals surface area contributed by atoms with E-state index in [-0.39, 0.29) is 11.8 Å². The molecule has 1 rings (SSSR count). The van der Waals surface area contributed by atoms with Crippen LogP contribution in [0, 0.1) is 5.92 Å². The number of rotatable bonds is 6. The fourth-order valence-electron chi connectivity index (χ4n) is 1.44. The Morgan fingerprint density at radius 2 is 2.47 bits per heavy atom. The molecule has 1 heterocycles. The molecule has 1 aromatic rings. The van der Waals surface area contributed by atoms with E-state index in [0.717, 1.165) is 18.6 Å². The van der Waals surface area contributed by atoms with E-state index in [9.17, 15) is 4.79 Å². The van der Waals surface area contributed by atoms with E-state index in [1.807, 2.05) is 13.0 Å². The highest BCUT2D eigenvalue weighted by Gasteiger charge is 2.15. The third kappa shape index (κ3) is 3.75. The van der Waals surface area contributed by atoms with Crippen LogP contribution in [0.3, 0.4) is 0 Å². The topological polar surface area (TPSA) is 68.3 Å². The van der Waals surface area contributed by atoms with Gasteiger partial charge in [-0.05, 0) is 18.6 Å². The molecule has 0 radical (unpaired) electrons. The number of carbonyl (C=O) groups excluding carboxylic acids is 1. The summed E-state index contributed by atoms with van der Waals surface area (Å²) in [7, 11) is 0. The minimum atomic E-state index is -0.0787. The average Bonchev–Trinajstić information content (AvgIpc) is 2.75. The lowest BCUT2D eigenvalue weighted by molar-refractivity contribution is -0.125. The quantitative estimate of drug-likeness (QED) is 0.743. The van der Waals surface area contributed by atoms with Crippen LogP contribution in [0.2, 0.25) is 0 Å². The largest absolute Gasteiger partial charge is 0.467 e. The minimum absolute atomic E-state index is 0.00995. The lowest BCUT2D eigenvalue weighted by atomic mass is 10.0. The summed E-state index contributed by atoms with van der Waals surface area (Å²) in [6, 6.07) is 3.63. The highest BCUT2D eigenvalue weighted by molar-refractivity contribution is 5.78. The zero-order valence-corrected chi connectivity index (χ0v) is 9.03. The molecular weight excluding hydrogens is 192 g/mol. The number of furan rings is 1. The first-order valence-corrected chi connectivity index (χ1v) is 5.28. The molecule has 0 aromatic carbocycles. The van der Waals surface area contributed by atoms with E-state index in [0.29, 0.717) is 13.1 Å². The van der Waals surface area contributed by atoms with Crippen molar-refractivity contribution in [1.29, 1.82) is 0 Å². The van der Waals surface area contributed by atoms with Crippen molar-refractivity contribution in [2.45, 2.75) is 26.3 Å². The summed E-state index contributed by atoms with van der Waals surface area (Å²) >= 11 is 0. The maximum absolute atomic E-state index is 11.6. The van der Waals surface area contributed by atoms with E-state index < -0.39 is 0 Å². The Bertz CT molecular complexity index is 283. The molecule has 0 fully saturated rings. The van der Waals surface area contributed by atoms with Gasteiger partial charge in [0.25, 0.3) is 0 Å². The first-order chi connectivity index (χ1) is 7.27. The SMILES string of the molecule is CCCC(CN)C(=O)NCc1ccco1. The van der Waals surface area contributed by atoms with E-state index in [4.69, 9.17) is 10.2 Å². The highest BCUT2D eigenvalue weighted by Crippen LogP contribution is 2.05. The van der Waals surface area contributed by atoms with Crippen LogP contribution >= 0.6 is 0 Å². The van der Waals surface area contributed by atoms with Gasteiger partial charge in [0.1, 0.15) is 5.76 Å². The molecule has 0 aliphatic carbocycles. The predicted octanol–water partition coefficient (Wildman–Crippen LogP) is 1.27. The molecule has 1 unspecified atom stereocenters. The third-order valence-corrected chi connectivity index (χ3v) is 2.31. The molecule has 1 amide bonds. The van der Waals surface area contributed by atoms with Gasteiger partial charge in [-0.3, -0.25) is 4.79 Å². The zero-order chi connectivity index (χ0) is 11.1. The fraction of sp³-hybridized carbons (Fsp3) is 0.545. The van der Waals surface area contributed by atoms with Crippen molar-refractivity contribution in [3.63, 3.8) is 0 Å². The molecule has 1 atom stereocenters. The van der Waals surface area contributed by atoms with Gasteiger partial charge in [0.2, 0.25) is 5.91 Å². The van der Waals surface area contributed by atoms with Crippen molar-refractivity contribution in [3.8, 4) is 0 Å². The zero-order valence-electron chi connectivity index (χ0n) is 9.03. The highest BCUT2D eigenvalue weighted by atomic mass is 16.3. The summed E-state index contributed by atoms with van der Waals surface area (Å²) < 4.78 is 5.11. The van der Waals surface area contributed by atoms with Crippen LogP contribution in [-0.2, 0) is 11.3 Å². The van der Waals surface area contributed by atoms with Gasteiger partial charge < -0.3 is 15.5 Å². The number of hydrogen-bond donors (Lipinski definition) is 2. The predicted molar refractivity (Wildman–Crippen MR) is 58.0 cm³/mol. The average molecular weight is 210 g/mol. The van der Waals surface area contributed by atoms with E-state index in [2.05, 4.69) is 5.32 Å². The Kier molecular flexibility index (Phi) is 4.90. The number of nitrogens with one attached hydrogen (secondary N) is 1. The molecule has 4 heteroatoms. The van der Waals surface area contributed by atoms with Crippen LogP contribution in [0.25, 0.3) is 0 Å². The summed E-state index contributed by atoms with van der Waals surface area (Å²) in [5.74, 6) is 0.691. The minimum Gasteiger partial charge on any atom is -0.467 e. The van der Waals surface area contributed by atoms with E-state index in [1.54, 1.807) is 12.3 Å². The van der Waals surface area contributed by atoms with Crippen LogP contribution < -0.4 is 11.1 Å². The first kappa shape index (κ1) is 11.8. The van der Waals surface area contributed by atoms with Crippen LogP contribution in [-0.4, -0.2) is 12.5 Å². The molecule has 0 bridgehead atoms. The van der Waals surface area contributed by atoms with Crippen LogP contribution in [0.5, 0.6) is 0 Å². The Morgan fingerprint density at radius 1 is 1.67 bits per heavy atom. The van der Waals surface area contributed by atoms with Crippen LogP contribution in [0.15, 0.2) is 22.8 Å². The maximum Gasteiger partial charge on any atom is 0.224 e. The molecule has 0 aliphatic rings. The van der Waals surface area contributed by atoms with Crippen molar-refractivity contribution in [3.05, 3.63) is 24.2 Å². The van der Waals surface area contributed by atoms with Gasteiger partial charge in [-0.25, -0.2) is 0 Å². The molecule has 84 valence electrons. The van der Waals surface area contributed by atoms with Gasteiger partial charge in [0.15, 0.2) is 0 Å². The normalized spacial score (nSPS) is 12.4. The summed E-state index contributed by atoms with van der Waals surface area (Å²) in [5, 5.41) is 2.81. The number of amides is 1. The van der Waals surface area contributed by atoms with E-state index in [1.165, 1.54) is 0 Å². The third-order valence-electron chi connectivity index (χ3n) is 2.31. The maximum atomic E-state index is 11.6. The van der Waals surface area contributed by atoms with Crippen molar-refractivity contribution in [2.24, 2.45) is 11.7 Å². The lowest BCUT2D eigenvalue weighted by Crippen LogP contribution is -2.34. The van der Waals surface area contributed by atoms with Gasteiger partial charge in [-0.1, -0.05) is 13.3 Å². The summed E-state index contributed by atoms with van der Waals surface area (Å²) in [4.78, 5) is 11.6. The number of hydrogen-bond acceptors (Lipinski definition) is 3. The lowest BCUT2D eigenvalue weighted by Gasteiger charge is -2.12. The fourth-order valence-corrected chi connectivity index (χ4v) is 1.44. The molecular formula is C11H18N2O2. The Labute approximate surface area is 89.8 Å². The molecule has 15 heavy (non-hydrogen) atoms. The van der Waals surface area contributed by atoms with Crippen LogP contribution in [0.1, 0.15) is 25.5 Å². The number of nitrogens with two attached hydrogens (primary N) is 1. The van der Waals surface area contributed by atoms with Crippen molar-refractivity contribution >= 4 is 5.91 Å². The molecule has 0 aliphatic heterocycles. The number of carbonyl (C=O) groups is 1. The second-order valence-electron chi connectivity index (χ2n) is 3.52. The van der Waals surface area contributed by atoms with Gasteiger partial charge in [-0.2, -0.15) is 0 Å². The Balaban J connectivity index is 2.34. The molecule has 0 saturated heterocycles. The molecule has 0 saturated carbocycles. The van der Waals surface area contributed by atoms with Gasteiger partial charge in [-0.15, -0.1) is 0 Å². The van der Waals surface area contributed by atoms with Gasteiger partial charge in [0.05, 0.1) is 18.7 Å². The molecule has 0 spiro atoms. The van der Waals surface area contributed by atoms with Crippen LogP contribution in [0.4, 0.5) is 0 Å². The second-order valence-corrected chi connectivity index (χ2v) is 3.52. The Hall–Kier alpha value is -1.29. The molecule has 4 nitrogen and oxygen atoms in total.